The number of benzene rings is 2. The number of nitrogens with zero attached hydrogens (tertiary/aromatic N) is 2. The molecule has 0 atom stereocenters. The van der Waals surface area contributed by atoms with Gasteiger partial charge in [0.25, 0.3) is 0 Å². The van der Waals surface area contributed by atoms with Gasteiger partial charge < -0.3 is 4.98 Å². The molecule has 0 radical (unpaired) electrons. The second kappa shape index (κ2) is 3.68. The molecule has 2 aromatic heterocycles. The number of aromatic nitrogens is 3. The summed E-state index contributed by atoms with van der Waals surface area (Å²) in [7, 11) is 0. The minimum atomic E-state index is -0.250. The molecular weight excluding hydrogens is 241 g/mol. The standard InChI is InChI=1S/C15H10FN3/c16-12-5-3-7-14-11(12)9-17-19(14)15-8-10-4-1-2-6-13(10)18-15/h1-9,18H. The van der Waals surface area contributed by atoms with Crippen molar-refractivity contribution in [3.63, 3.8) is 0 Å². The Morgan fingerprint density at radius 2 is 1.95 bits per heavy atom. The average molecular weight is 251 g/mol. The molecule has 0 saturated carbocycles. The maximum atomic E-state index is 13.7. The highest BCUT2D eigenvalue weighted by Gasteiger charge is 2.09. The lowest BCUT2D eigenvalue weighted by Gasteiger charge is -1.99. The van der Waals surface area contributed by atoms with Crippen LogP contribution in [-0.2, 0) is 0 Å². The number of fused-ring (bicyclic) bond motifs is 2. The molecule has 0 aliphatic rings. The van der Waals surface area contributed by atoms with Gasteiger partial charge in [0.05, 0.1) is 17.1 Å². The van der Waals surface area contributed by atoms with Crippen LogP contribution in [0.15, 0.2) is 54.7 Å². The predicted octanol–water partition coefficient (Wildman–Crippen LogP) is 3.65. The molecule has 1 N–H and O–H groups in total. The molecule has 2 heterocycles. The van der Waals surface area contributed by atoms with Crippen LogP contribution in [0.3, 0.4) is 0 Å². The van der Waals surface area contributed by atoms with Gasteiger partial charge in [0.2, 0.25) is 0 Å². The number of rotatable bonds is 1. The molecule has 3 nitrogen and oxygen atoms in total. The Bertz CT molecular complexity index is 856. The van der Waals surface area contributed by atoms with Crippen LogP contribution in [0.1, 0.15) is 0 Å². The Labute approximate surface area is 108 Å². The van der Waals surface area contributed by atoms with Gasteiger partial charge >= 0.3 is 0 Å². The Morgan fingerprint density at radius 3 is 2.84 bits per heavy atom. The lowest BCUT2D eigenvalue weighted by Crippen LogP contribution is -1.95. The van der Waals surface area contributed by atoms with Gasteiger partial charge in [-0.2, -0.15) is 5.10 Å². The largest absolute Gasteiger partial charge is 0.340 e. The molecule has 0 bridgehead atoms. The topological polar surface area (TPSA) is 33.6 Å². The van der Waals surface area contributed by atoms with Crippen LogP contribution in [0.4, 0.5) is 4.39 Å². The first-order valence-corrected chi connectivity index (χ1v) is 6.03. The third-order valence-electron chi connectivity index (χ3n) is 3.30. The first-order valence-electron chi connectivity index (χ1n) is 6.03. The molecule has 0 aliphatic heterocycles. The summed E-state index contributed by atoms with van der Waals surface area (Å²) in [4.78, 5) is 3.29. The van der Waals surface area contributed by atoms with Crippen molar-refractivity contribution in [1.29, 1.82) is 0 Å². The number of nitrogens with one attached hydrogen (secondary N) is 1. The van der Waals surface area contributed by atoms with E-state index in [1.807, 2.05) is 36.4 Å². The van der Waals surface area contributed by atoms with Crippen LogP contribution in [0.5, 0.6) is 0 Å². The maximum Gasteiger partial charge on any atom is 0.134 e. The summed E-state index contributed by atoms with van der Waals surface area (Å²) in [6, 6.07) is 15.0. The van der Waals surface area contributed by atoms with Crippen molar-refractivity contribution >= 4 is 21.8 Å². The summed E-state index contributed by atoms with van der Waals surface area (Å²) in [6.45, 7) is 0. The Morgan fingerprint density at radius 1 is 1.05 bits per heavy atom. The van der Waals surface area contributed by atoms with Crippen LogP contribution in [-0.4, -0.2) is 14.8 Å². The van der Waals surface area contributed by atoms with Crippen LogP contribution < -0.4 is 0 Å². The van der Waals surface area contributed by atoms with E-state index in [1.54, 1.807) is 16.9 Å². The quantitative estimate of drug-likeness (QED) is 0.550. The number of hydrogen-bond acceptors (Lipinski definition) is 1. The molecule has 4 rings (SSSR count). The van der Waals surface area contributed by atoms with E-state index in [2.05, 4.69) is 10.1 Å². The van der Waals surface area contributed by atoms with Crippen molar-refractivity contribution in [3.05, 3.63) is 60.5 Å². The zero-order valence-electron chi connectivity index (χ0n) is 9.97. The van der Waals surface area contributed by atoms with Crippen molar-refractivity contribution in [1.82, 2.24) is 14.8 Å². The minimum Gasteiger partial charge on any atom is -0.340 e. The lowest BCUT2D eigenvalue weighted by molar-refractivity contribution is 0.640. The van der Waals surface area contributed by atoms with Gasteiger partial charge in [-0.1, -0.05) is 24.3 Å². The fourth-order valence-electron chi connectivity index (χ4n) is 2.38. The summed E-state index contributed by atoms with van der Waals surface area (Å²) in [6.07, 6.45) is 1.55. The molecule has 92 valence electrons. The molecular formula is C15H10FN3. The van der Waals surface area contributed by atoms with Gasteiger partial charge in [-0.25, -0.2) is 9.07 Å². The van der Waals surface area contributed by atoms with E-state index in [4.69, 9.17) is 0 Å². The third-order valence-corrected chi connectivity index (χ3v) is 3.30. The van der Waals surface area contributed by atoms with E-state index in [9.17, 15) is 4.39 Å². The average Bonchev–Trinajstić information content (AvgIpc) is 3.02. The Balaban J connectivity index is 2.01. The third kappa shape index (κ3) is 1.46. The molecule has 0 amide bonds. The SMILES string of the molecule is Fc1cccc2c1cnn2-c1cc2ccccc2[nH]1. The highest BCUT2D eigenvalue weighted by Crippen LogP contribution is 2.23. The van der Waals surface area contributed by atoms with E-state index in [1.165, 1.54) is 6.07 Å². The van der Waals surface area contributed by atoms with Crippen LogP contribution in [0.2, 0.25) is 0 Å². The fourth-order valence-corrected chi connectivity index (χ4v) is 2.38. The Kier molecular flexibility index (Phi) is 2.00. The molecule has 2 aromatic carbocycles. The summed E-state index contributed by atoms with van der Waals surface area (Å²) >= 11 is 0. The maximum absolute atomic E-state index is 13.7. The number of para-hydroxylation sites is 1. The summed E-state index contributed by atoms with van der Waals surface area (Å²) in [5.41, 5.74) is 1.80. The zero-order valence-corrected chi connectivity index (χ0v) is 9.97. The molecule has 4 aromatic rings. The number of halogens is 1. The molecule has 0 aliphatic carbocycles. The summed E-state index contributed by atoms with van der Waals surface area (Å²) in [5.74, 6) is 0.585. The molecule has 19 heavy (non-hydrogen) atoms. The van der Waals surface area contributed by atoms with E-state index in [-0.39, 0.29) is 5.82 Å². The van der Waals surface area contributed by atoms with Gasteiger partial charge in [-0.05, 0) is 24.3 Å². The number of hydrogen-bond donors (Lipinski definition) is 1. The predicted molar refractivity (Wildman–Crippen MR) is 72.9 cm³/mol. The monoisotopic (exact) mass is 251 g/mol. The van der Waals surface area contributed by atoms with Crippen LogP contribution in [0.25, 0.3) is 27.6 Å². The first-order chi connectivity index (χ1) is 9.33. The zero-order chi connectivity index (χ0) is 12.8. The van der Waals surface area contributed by atoms with Gasteiger partial charge in [0.15, 0.2) is 0 Å². The van der Waals surface area contributed by atoms with Gasteiger partial charge in [-0.3, -0.25) is 0 Å². The lowest BCUT2D eigenvalue weighted by atomic mass is 10.2. The van der Waals surface area contributed by atoms with Crippen molar-refractivity contribution in [2.45, 2.75) is 0 Å². The van der Waals surface area contributed by atoms with Gasteiger partial charge in [-0.15, -0.1) is 0 Å². The number of H-pyrrole nitrogens is 1. The summed E-state index contributed by atoms with van der Waals surface area (Å²) < 4.78 is 15.4. The number of aromatic amines is 1. The molecule has 0 unspecified atom stereocenters. The van der Waals surface area contributed by atoms with Gasteiger partial charge in [0, 0.05) is 10.9 Å². The van der Waals surface area contributed by atoms with Crippen LogP contribution >= 0.6 is 0 Å². The van der Waals surface area contributed by atoms with E-state index in [0.29, 0.717) is 5.39 Å². The second-order valence-corrected chi connectivity index (χ2v) is 4.47. The minimum absolute atomic E-state index is 0.250. The smallest absolute Gasteiger partial charge is 0.134 e. The Hall–Kier alpha value is -2.62. The fraction of sp³-hybridized carbons (Fsp3) is 0. The van der Waals surface area contributed by atoms with Crippen molar-refractivity contribution in [2.24, 2.45) is 0 Å². The van der Waals surface area contributed by atoms with Gasteiger partial charge in [0.1, 0.15) is 11.6 Å². The molecule has 0 saturated heterocycles. The molecule has 4 heteroatoms. The second-order valence-electron chi connectivity index (χ2n) is 4.47. The highest BCUT2D eigenvalue weighted by molar-refractivity contribution is 5.85. The van der Waals surface area contributed by atoms with E-state index >= 15 is 0 Å². The van der Waals surface area contributed by atoms with E-state index < -0.39 is 0 Å². The first kappa shape index (κ1) is 10.3. The highest BCUT2D eigenvalue weighted by atomic mass is 19.1. The molecule has 0 fully saturated rings. The summed E-state index contributed by atoms with van der Waals surface area (Å²) in [5, 5.41) is 5.90. The van der Waals surface area contributed by atoms with Crippen LogP contribution in [0, 0.1) is 5.82 Å². The molecule has 0 spiro atoms. The normalized spacial score (nSPS) is 11.4. The van der Waals surface area contributed by atoms with Crippen molar-refractivity contribution < 1.29 is 4.39 Å². The van der Waals surface area contributed by atoms with Crippen molar-refractivity contribution in [3.8, 4) is 5.82 Å². The van der Waals surface area contributed by atoms with E-state index in [0.717, 1.165) is 22.2 Å². The van der Waals surface area contributed by atoms with Crippen molar-refractivity contribution in [2.75, 3.05) is 0 Å².